The molecule has 1 atom stereocenters. The van der Waals surface area contributed by atoms with E-state index in [0.29, 0.717) is 19.6 Å². The Labute approximate surface area is 77.0 Å². The number of carbonyl (C=O) groups is 2. The minimum atomic E-state index is -0.657. The molecule has 0 aromatic carbocycles. The molecule has 1 heterocycles. The second-order valence-electron chi connectivity index (χ2n) is 2.95. The topological polar surface area (TPSA) is 58.6 Å². The van der Waals surface area contributed by atoms with Gasteiger partial charge < -0.3 is 15.0 Å². The van der Waals surface area contributed by atoms with Crippen LogP contribution >= 0.6 is 0 Å². The van der Waals surface area contributed by atoms with Crippen LogP contribution in [0.4, 0.5) is 0 Å². The number of ether oxygens (including phenoxy) is 1. The third-order valence-corrected chi connectivity index (χ3v) is 2.04. The van der Waals surface area contributed by atoms with Gasteiger partial charge in [-0.3, -0.25) is 9.59 Å². The average Bonchev–Trinajstić information content (AvgIpc) is 2.18. The smallest absolute Gasteiger partial charge is 0.293 e. The van der Waals surface area contributed by atoms with Crippen molar-refractivity contribution in [2.24, 2.45) is 0 Å². The van der Waals surface area contributed by atoms with E-state index in [-0.39, 0.29) is 5.91 Å². The highest BCUT2D eigenvalue weighted by molar-refractivity contribution is 5.81. The van der Waals surface area contributed by atoms with E-state index >= 15 is 0 Å². The van der Waals surface area contributed by atoms with Gasteiger partial charge in [-0.25, -0.2) is 0 Å². The Hall–Kier alpha value is -1.10. The largest absolute Gasteiger partial charge is 0.455 e. The quantitative estimate of drug-likeness (QED) is 0.573. The van der Waals surface area contributed by atoms with Gasteiger partial charge in [-0.1, -0.05) is 0 Å². The van der Waals surface area contributed by atoms with Gasteiger partial charge in [0.2, 0.25) is 0 Å². The molecule has 0 aliphatic carbocycles. The lowest BCUT2D eigenvalue weighted by atomic mass is 10.3. The lowest BCUT2D eigenvalue weighted by Crippen LogP contribution is -2.49. The monoisotopic (exact) mass is 186 g/mol. The van der Waals surface area contributed by atoms with Crippen LogP contribution in [0.5, 0.6) is 0 Å². The highest BCUT2D eigenvalue weighted by Crippen LogP contribution is 1.99. The average molecular weight is 186 g/mol. The van der Waals surface area contributed by atoms with Crippen LogP contribution in [0.25, 0.3) is 0 Å². The molecule has 1 fully saturated rings. The third-order valence-electron chi connectivity index (χ3n) is 2.04. The van der Waals surface area contributed by atoms with Crippen LogP contribution in [-0.4, -0.2) is 49.6 Å². The molecular formula is C8H14N2O3. The minimum Gasteiger partial charge on any atom is -0.455 e. The van der Waals surface area contributed by atoms with Crippen LogP contribution in [0.3, 0.4) is 0 Å². The van der Waals surface area contributed by atoms with Gasteiger partial charge in [-0.2, -0.15) is 0 Å². The number of amides is 1. The van der Waals surface area contributed by atoms with E-state index in [1.807, 2.05) is 0 Å². The zero-order chi connectivity index (χ0) is 9.68. The second-order valence-corrected chi connectivity index (χ2v) is 2.95. The fraction of sp³-hybridized carbons (Fsp3) is 0.750. The summed E-state index contributed by atoms with van der Waals surface area (Å²) in [5.41, 5.74) is 0. The highest BCUT2D eigenvalue weighted by atomic mass is 16.5. The molecule has 0 spiro atoms. The summed E-state index contributed by atoms with van der Waals surface area (Å²) in [6.45, 7) is 4.87. The molecule has 0 saturated carbocycles. The molecule has 1 amide bonds. The van der Waals surface area contributed by atoms with Crippen LogP contribution in [0, 0.1) is 0 Å². The summed E-state index contributed by atoms with van der Waals surface area (Å²) in [6, 6.07) is 0. The number of hydrogen-bond acceptors (Lipinski definition) is 4. The maximum absolute atomic E-state index is 11.5. The van der Waals surface area contributed by atoms with Crippen LogP contribution in [0.2, 0.25) is 0 Å². The Kier molecular flexibility index (Phi) is 3.70. The molecule has 0 aromatic rings. The Morgan fingerprint density at radius 1 is 1.54 bits per heavy atom. The maximum Gasteiger partial charge on any atom is 0.293 e. The summed E-state index contributed by atoms with van der Waals surface area (Å²) < 4.78 is 4.56. The standard InChI is InChI=1S/C8H14N2O3/c1-7(13-6-11)8(12)10-4-2-9-3-5-10/h6-7,9H,2-5H2,1H3. The summed E-state index contributed by atoms with van der Waals surface area (Å²) in [7, 11) is 0. The first kappa shape index (κ1) is 9.98. The van der Waals surface area contributed by atoms with Crippen molar-refractivity contribution in [3.63, 3.8) is 0 Å². The van der Waals surface area contributed by atoms with E-state index in [1.54, 1.807) is 11.8 Å². The molecule has 74 valence electrons. The first-order chi connectivity index (χ1) is 6.25. The zero-order valence-electron chi connectivity index (χ0n) is 7.66. The molecule has 0 radical (unpaired) electrons. The summed E-state index contributed by atoms with van der Waals surface area (Å²) in [4.78, 5) is 23.2. The number of piperazine rings is 1. The van der Waals surface area contributed by atoms with Crippen molar-refractivity contribution >= 4 is 12.4 Å². The van der Waals surface area contributed by atoms with Crippen LogP contribution < -0.4 is 5.32 Å². The molecule has 0 aromatic heterocycles. The Morgan fingerprint density at radius 2 is 2.15 bits per heavy atom. The molecule has 1 aliphatic heterocycles. The fourth-order valence-electron chi connectivity index (χ4n) is 1.28. The van der Waals surface area contributed by atoms with Crippen molar-refractivity contribution in [2.75, 3.05) is 26.2 Å². The molecule has 1 aliphatic rings. The van der Waals surface area contributed by atoms with Gasteiger partial charge in [0.1, 0.15) is 0 Å². The number of nitrogens with zero attached hydrogens (tertiary/aromatic N) is 1. The molecule has 5 nitrogen and oxygen atoms in total. The number of rotatable bonds is 3. The minimum absolute atomic E-state index is 0.117. The predicted molar refractivity (Wildman–Crippen MR) is 46.1 cm³/mol. The lowest BCUT2D eigenvalue weighted by molar-refractivity contribution is -0.150. The van der Waals surface area contributed by atoms with E-state index in [1.165, 1.54) is 0 Å². The Balaban J connectivity index is 2.40. The van der Waals surface area contributed by atoms with Crippen molar-refractivity contribution in [3.8, 4) is 0 Å². The molecular weight excluding hydrogens is 172 g/mol. The first-order valence-corrected chi connectivity index (χ1v) is 4.34. The lowest BCUT2D eigenvalue weighted by Gasteiger charge is -2.28. The summed E-state index contributed by atoms with van der Waals surface area (Å²) in [6.07, 6.45) is -0.657. The summed E-state index contributed by atoms with van der Waals surface area (Å²) in [5, 5.41) is 3.14. The fourth-order valence-corrected chi connectivity index (χ4v) is 1.28. The molecule has 1 rings (SSSR count). The van der Waals surface area contributed by atoms with Crippen molar-refractivity contribution in [3.05, 3.63) is 0 Å². The molecule has 1 saturated heterocycles. The van der Waals surface area contributed by atoms with Gasteiger partial charge in [0.05, 0.1) is 0 Å². The van der Waals surface area contributed by atoms with Gasteiger partial charge in [-0.05, 0) is 6.92 Å². The summed E-state index contributed by atoms with van der Waals surface area (Å²) >= 11 is 0. The van der Waals surface area contributed by atoms with Crippen molar-refractivity contribution in [1.29, 1.82) is 0 Å². The Bertz CT molecular complexity index is 190. The van der Waals surface area contributed by atoms with Crippen LogP contribution in [0.1, 0.15) is 6.92 Å². The van der Waals surface area contributed by atoms with Gasteiger partial charge in [0.15, 0.2) is 6.10 Å². The van der Waals surface area contributed by atoms with E-state index in [4.69, 9.17) is 0 Å². The van der Waals surface area contributed by atoms with E-state index in [9.17, 15) is 9.59 Å². The van der Waals surface area contributed by atoms with Crippen molar-refractivity contribution in [2.45, 2.75) is 13.0 Å². The summed E-state index contributed by atoms with van der Waals surface area (Å²) in [5.74, 6) is -0.117. The number of hydrogen-bond donors (Lipinski definition) is 1. The number of carbonyl (C=O) groups excluding carboxylic acids is 2. The van der Waals surface area contributed by atoms with Gasteiger partial charge in [0.25, 0.3) is 12.4 Å². The predicted octanol–water partition coefficient (Wildman–Crippen LogP) is -1.02. The Morgan fingerprint density at radius 3 is 2.69 bits per heavy atom. The van der Waals surface area contributed by atoms with Gasteiger partial charge in [0, 0.05) is 26.2 Å². The normalized spacial score (nSPS) is 19.3. The second kappa shape index (κ2) is 4.81. The van der Waals surface area contributed by atoms with Gasteiger partial charge >= 0.3 is 0 Å². The molecule has 1 unspecified atom stereocenters. The van der Waals surface area contributed by atoms with Crippen molar-refractivity contribution < 1.29 is 14.3 Å². The molecule has 1 N–H and O–H groups in total. The third kappa shape index (κ3) is 2.69. The van der Waals surface area contributed by atoms with Crippen molar-refractivity contribution in [1.82, 2.24) is 10.2 Å². The number of nitrogens with one attached hydrogen (secondary N) is 1. The van der Waals surface area contributed by atoms with E-state index in [2.05, 4.69) is 10.1 Å². The van der Waals surface area contributed by atoms with Crippen LogP contribution in [-0.2, 0) is 14.3 Å². The van der Waals surface area contributed by atoms with E-state index in [0.717, 1.165) is 13.1 Å². The first-order valence-electron chi connectivity index (χ1n) is 4.34. The molecule has 0 bridgehead atoms. The maximum atomic E-state index is 11.5. The van der Waals surface area contributed by atoms with Crippen LogP contribution in [0.15, 0.2) is 0 Å². The molecule has 13 heavy (non-hydrogen) atoms. The van der Waals surface area contributed by atoms with E-state index < -0.39 is 6.10 Å². The van der Waals surface area contributed by atoms with Gasteiger partial charge in [-0.15, -0.1) is 0 Å². The SMILES string of the molecule is CC(OC=O)C(=O)N1CCNCC1. The molecule has 5 heteroatoms. The highest BCUT2D eigenvalue weighted by Gasteiger charge is 2.22. The zero-order valence-corrected chi connectivity index (χ0v) is 7.66.